The predicted molar refractivity (Wildman–Crippen MR) is 113 cm³/mol. The van der Waals surface area contributed by atoms with Gasteiger partial charge in [-0.25, -0.2) is 8.42 Å². The highest BCUT2D eigenvalue weighted by molar-refractivity contribution is 7.92. The van der Waals surface area contributed by atoms with Crippen LogP contribution >= 0.6 is 23.2 Å². The fraction of sp³-hybridized carbons (Fsp3) is 0.316. The molecule has 6 nitrogen and oxygen atoms in total. The van der Waals surface area contributed by atoms with E-state index in [0.29, 0.717) is 12.4 Å². The normalized spacial score (nSPS) is 12.3. The van der Waals surface area contributed by atoms with Crippen molar-refractivity contribution in [3.63, 3.8) is 0 Å². The van der Waals surface area contributed by atoms with Crippen molar-refractivity contribution in [1.82, 2.24) is 5.32 Å². The molecule has 0 aliphatic rings. The van der Waals surface area contributed by atoms with Gasteiger partial charge < -0.3 is 10.1 Å². The topological polar surface area (TPSA) is 75.7 Å². The van der Waals surface area contributed by atoms with Gasteiger partial charge >= 0.3 is 0 Å². The molecule has 2 aromatic carbocycles. The molecular formula is C19H22Cl2N2O4S. The van der Waals surface area contributed by atoms with Crippen LogP contribution in [0.2, 0.25) is 10.0 Å². The molecule has 0 aliphatic carbocycles. The first-order chi connectivity index (χ1) is 13.1. The van der Waals surface area contributed by atoms with E-state index in [9.17, 15) is 13.2 Å². The van der Waals surface area contributed by atoms with Crippen molar-refractivity contribution in [3.8, 4) is 5.75 Å². The molecule has 0 saturated carbocycles. The highest BCUT2D eigenvalue weighted by Gasteiger charge is 2.29. The minimum absolute atomic E-state index is 0.223. The summed E-state index contributed by atoms with van der Waals surface area (Å²) in [4.78, 5) is 12.6. The number of anilines is 1. The maximum atomic E-state index is 12.6. The van der Waals surface area contributed by atoms with Crippen molar-refractivity contribution in [2.75, 3.05) is 17.2 Å². The number of hydrogen-bond donors (Lipinski definition) is 1. The Morgan fingerprint density at radius 2 is 1.82 bits per heavy atom. The number of benzene rings is 2. The summed E-state index contributed by atoms with van der Waals surface area (Å²) in [5, 5.41) is 3.30. The standard InChI is InChI=1S/C19H22Cl2N2O4S/c1-4-27-18-7-5-6-14(8-18)12-22-19(24)13(2)23(28(3,25)26)17-10-15(20)9-16(21)11-17/h5-11,13H,4,12H2,1-3H3,(H,22,24)/t13-/m0/s1. The highest BCUT2D eigenvalue weighted by atomic mass is 35.5. The monoisotopic (exact) mass is 444 g/mol. The molecule has 0 radical (unpaired) electrons. The lowest BCUT2D eigenvalue weighted by Crippen LogP contribution is -2.47. The number of nitrogens with zero attached hydrogens (tertiary/aromatic N) is 1. The Kier molecular flexibility index (Phi) is 7.57. The maximum absolute atomic E-state index is 12.6. The minimum atomic E-state index is -3.76. The van der Waals surface area contributed by atoms with E-state index in [0.717, 1.165) is 16.1 Å². The Labute approximate surface area is 175 Å². The van der Waals surface area contributed by atoms with Crippen LogP contribution in [0.5, 0.6) is 5.75 Å². The number of ether oxygens (including phenoxy) is 1. The zero-order valence-electron chi connectivity index (χ0n) is 15.8. The van der Waals surface area contributed by atoms with Gasteiger partial charge in [0.15, 0.2) is 0 Å². The summed E-state index contributed by atoms with van der Waals surface area (Å²) >= 11 is 12.0. The molecular weight excluding hydrogens is 423 g/mol. The second-order valence-electron chi connectivity index (χ2n) is 6.16. The Morgan fingerprint density at radius 1 is 1.18 bits per heavy atom. The fourth-order valence-corrected chi connectivity index (χ4v) is 4.40. The Hall–Kier alpha value is -1.96. The van der Waals surface area contributed by atoms with Crippen LogP contribution in [0.1, 0.15) is 19.4 Å². The molecule has 0 unspecified atom stereocenters. The number of nitrogens with one attached hydrogen (secondary N) is 1. The summed E-state index contributed by atoms with van der Waals surface area (Å²) in [6, 6.07) is 10.7. The number of rotatable bonds is 8. The van der Waals surface area contributed by atoms with Gasteiger partial charge in [-0.1, -0.05) is 35.3 Å². The molecule has 0 heterocycles. The van der Waals surface area contributed by atoms with E-state index in [4.69, 9.17) is 27.9 Å². The second-order valence-corrected chi connectivity index (χ2v) is 8.89. The van der Waals surface area contributed by atoms with Gasteiger partial charge in [0.2, 0.25) is 15.9 Å². The van der Waals surface area contributed by atoms with Gasteiger partial charge in [0.05, 0.1) is 18.6 Å². The van der Waals surface area contributed by atoms with Crippen LogP contribution < -0.4 is 14.4 Å². The smallest absolute Gasteiger partial charge is 0.243 e. The molecule has 2 aromatic rings. The summed E-state index contributed by atoms with van der Waals surface area (Å²) in [7, 11) is -3.76. The van der Waals surface area contributed by atoms with Gasteiger partial charge in [0.1, 0.15) is 11.8 Å². The van der Waals surface area contributed by atoms with E-state index in [2.05, 4.69) is 5.32 Å². The fourth-order valence-electron chi connectivity index (χ4n) is 2.72. The number of sulfonamides is 1. The Bertz CT molecular complexity index is 930. The van der Waals surface area contributed by atoms with Gasteiger partial charge in [-0.3, -0.25) is 9.10 Å². The molecule has 9 heteroatoms. The highest BCUT2D eigenvalue weighted by Crippen LogP contribution is 2.28. The first-order valence-electron chi connectivity index (χ1n) is 8.56. The van der Waals surface area contributed by atoms with Crippen LogP contribution in [0.15, 0.2) is 42.5 Å². The number of amides is 1. The lowest BCUT2D eigenvalue weighted by Gasteiger charge is -2.28. The van der Waals surface area contributed by atoms with E-state index in [1.165, 1.54) is 25.1 Å². The third-order valence-electron chi connectivity index (χ3n) is 3.87. The zero-order valence-corrected chi connectivity index (χ0v) is 18.1. The van der Waals surface area contributed by atoms with E-state index in [1.54, 1.807) is 0 Å². The summed E-state index contributed by atoms with van der Waals surface area (Å²) in [6.45, 7) is 4.16. The summed E-state index contributed by atoms with van der Waals surface area (Å²) in [6.07, 6.45) is 1.02. The molecule has 152 valence electrons. The first-order valence-corrected chi connectivity index (χ1v) is 11.2. The average Bonchev–Trinajstić information content (AvgIpc) is 2.58. The third kappa shape index (κ3) is 6.02. The van der Waals surface area contributed by atoms with Crippen LogP contribution in [0.25, 0.3) is 0 Å². The predicted octanol–water partition coefficient (Wildman–Crippen LogP) is 3.86. The van der Waals surface area contributed by atoms with Crippen LogP contribution in [0.4, 0.5) is 5.69 Å². The van der Waals surface area contributed by atoms with Crippen molar-refractivity contribution in [2.45, 2.75) is 26.4 Å². The quantitative estimate of drug-likeness (QED) is 0.670. The van der Waals surface area contributed by atoms with Gasteiger partial charge in [-0.2, -0.15) is 0 Å². The molecule has 1 atom stereocenters. The minimum Gasteiger partial charge on any atom is -0.494 e. The van der Waals surface area contributed by atoms with E-state index < -0.39 is 22.0 Å². The lowest BCUT2D eigenvalue weighted by atomic mass is 10.2. The summed E-state index contributed by atoms with van der Waals surface area (Å²) < 4.78 is 31.1. The van der Waals surface area contributed by atoms with E-state index >= 15 is 0 Å². The van der Waals surface area contributed by atoms with Crippen molar-refractivity contribution in [3.05, 3.63) is 58.1 Å². The maximum Gasteiger partial charge on any atom is 0.243 e. The first kappa shape index (κ1) is 22.3. The molecule has 0 saturated heterocycles. The SMILES string of the molecule is CCOc1cccc(CNC(=O)[C@H](C)N(c2cc(Cl)cc(Cl)c2)S(C)(=O)=O)c1. The zero-order chi connectivity index (χ0) is 20.9. The number of hydrogen-bond acceptors (Lipinski definition) is 4. The summed E-state index contributed by atoms with van der Waals surface area (Å²) in [5.41, 5.74) is 1.06. The number of carbonyl (C=O) groups is 1. The van der Waals surface area contributed by atoms with Crippen LogP contribution in [-0.4, -0.2) is 33.2 Å². The largest absolute Gasteiger partial charge is 0.494 e. The second kappa shape index (κ2) is 9.49. The van der Waals surface area contributed by atoms with E-state index in [-0.39, 0.29) is 22.3 Å². The molecule has 0 fully saturated rings. The molecule has 1 N–H and O–H groups in total. The number of halogens is 2. The molecule has 0 bridgehead atoms. The molecule has 1 amide bonds. The van der Waals surface area contributed by atoms with Crippen molar-refractivity contribution >= 4 is 44.8 Å². The van der Waals surface area contributed by atoms with Crippen LogP contribution in [0.3, 0.4) is 0 Å². The van der Waals surface area contributed by atoms with Crippen molar-refractivity contribution in [1.29, 1.82) is 0 Å². The Morgan fingerprint density at radius 3 is 2.39 bits per heavy atom. The average molecular weight is 445 g/mol. The van der Waals surface area contributed by atoms with E-state index in [1.807, 2.05) is 31.2 Å². The van der Waals surface area contributed by atoms with Crippen LogP contribution in [-0.2, 0) is 21.4 Å². The van der Waals surface area contributed by atoms with Gasteiger partial charge in [0.25, 0.3) is 0 Å². The number of carbonyl (C=O) groups excluding carboxylic acids is 1. The summed E-state index contributed by atoms with van der Waals surface area (Å²) in [5.74, 6) is 0.247. The molecule has 0 aromatic heterocycles. The third-order valence-corrected chi connectivity index (χ3v) is 5.54. The van der Waals surface area contributed by atoms with Crippen molar-refractivity contribution in [2.24, 2.45) is 0 Å². The van der Waals surface area contributed by atoms with Gasteiger partial charge in [-0.05, 0) is 49.7 Å². The Balaban J connectivity index is 2.19. The molecule has 2 rings (SSSR count). The molecule has 28 heavy (non-hydrogen) atoms. The van der Waals surface area contributed by atoms with Gasteiger partial charge in [-0.15, -0.1) is 0 Å². The van der Waals surface area contributed by atoms with Crippen LogP contribution in [0, 0.1) is 0 Å². The molecule has 0 aliphatic heterocycles. The molecule has 0 spiro atoms. The lowest BCUT2D eigenvalue weighted by molar-refractivity contribution is -0.122. The van der Waals surface area contributed by atoms with Gasteiger partial charge in [0, 0.05) is 16.6 Å². The van der Waals surface area contributed by atoms with Crippen molar-refractivity contribution < 1.29 is 17.9 Å².